The summed E-state index contributed by atoms with van der Waals surface area (Å²) in [6.07, 6.45) is -0.666. The summed E-state index contributed by atoms with van der Waals surface area (Å²) in [5, 5.41) is 9.57. The number of benzene rings is 2. The maximum absolute atomic E-state index is 9.57. The first-order valence-corrected chi connectivity index (χ1v) is 6.99. The van der Waals surface area contributed by atoms with E-state index in [-0.39, 0.29) is 0 Å². The van der Waals surface area contributed by atoms with Gasteiger partial charge in [0.05, 0.1) is 29.8 Å². The molecule has 0 unspecified atom stereocenters. The van der Waals surface area contributed by atoms with Crippen molar-refractivity contribution in [2.75, 3.05) is 0 Å². The average molecular weight is 292 g/mol. The number of fused-ring (bicyclic) bond motifs is 1. The molecular weight excluding hydrogens is 276 g/mol. The Labute approximate surface area is 128 Å². The Morgan fingerprint density at radius 3 is 2.50 bits per heavy atom. The van der Waals surface area contributed by atoms with Crippen LogP contribution in [0.1, 0.15) is 18.8 Å². The fourth-order valence-corrected chi connectivity index (χ4v) is 2.32. The van der Waals surface area contributed by atoms with Crippen molar-refractivity contribution in [1.29, 1.82) is 0 Å². The summed E-state index contributed by atoms with van der Waals surface area (Å²) in [7, 11) is 0. The maximum Gasteiger partial charge on any atom is 0.187 e. The van der Waals surface area contributed by atoms with Crippen LogP contribution in [0.5, 0.6) is 0 Å². The lowest BCUT2D eigenvalue weighted by molar-refractivity contribution is 0.161. The van der Waals surface area contributed by atoms with E-state index in [4.69, 9.17) is 12.3 Å². The van der Waals surface area contributed by atoms with Gasteiger partial charge >= 0.3 is 0 Å². The molecule has 0 aliphatic carbocycles. The third-order valence-corrected chi connectivity index (χ3v) is 3.67. The van der Waals surface area contributed by atoms with Gasteiger partial charge in [-0.2, -0.15) is 0 Å². The zero-order valence-electron chi connectivity index (χ0n) is 12.1. The topological polar surface area (TPSA) is 79.3 Å². The predicted octanol–water partition coefficient (Wildman–Crippen LogP) is 3.16. The fourth-order valence-electron chi connectivity index (χ4n) is 2.32. The van der Waals surface area contributed by atoms with Gasteiger partial charge in [-0.1, -0.05) is 30.3 Å². The number of nitrogens with zero attached hydrogens (tertiary/aromatic N) is 2. The first-order chi connectivity index (χ1) is 10.6. The number of hydrogen-bond donors (Lipinski definition) is 3. The van der Waals surface area contributed by atoms with Crippen LogP contribution in [-0.2, 0) is 0 Å². The number of nitrogens with two attached hydrogens (primary N) is 1. The highest BCUT2D eigenvalue weighted by Crippen LogP contribution is 2.26. The minimum Gasteiger partial charge on any atom is -0.391 e. The Morgan fingerprint density at radius 1 is 1.18 bits per heavy atom. The third kappa shape index (κ3) is 2.58. The summed E-state index contributed by atoms with van der Waals surface area (Å²) in [5.41, 5.74) is 10.3. The van der Waals surface area contributed by atoms with Gasteiger partial charge < -0.3 is 15.8 Å². The molecule has 0 spiro atoms. The van der Waals surface area contributed by atoms with E-state index in [0.717, 1.165) is 22.2 Å². The fraction of sp³-hybridized carbons (Fsp3) is 0.176. The van der Waals surface area contributed by atoms with Crippen molar-refractivity contribution in [3.63, 3.8) is 0 Å². The van der Waals surface area contributed by atoms with E-state index in [1.807, 2.05) is 30.3 Å². The molecule has 2 atom stereocenters. The quantitative estimate of drug-likeness (QED) is 0.649. The molecular formula is C17H16N4O. The lowest BCUT2D eigenvalue weighted by Gasteiger charge is -2.10. The molecule has 0 bridgehead atoms. The molecule has 0 fully saturated rings. The van der Waals surface area contributed by atoms with Gasteiger partial charge in [0.2, 0.25) is 0 Å². The van der Waals surface area contributed by atoms with E-state index in [9.17, 15) is 5.11 Å². The van der Waals surface area contributed by atoms with Gasteiger partial charge in [-0.15, -0.1) is 0 Å². The summed E-state index contributed by atoms with van der Waals surface area (Å²) in [6.45, 7) is 8.62. The standard InChI is InChI=1S/C17H16N4O/c1-10(22)16(18)17-20-14-8-5-12(9-15(14)21-17)11-3-6-13(19-2)7-4-11/h3-10,16,22H,18H2,1H3,(H,20,21)/t10-,16-/m1/s1. The molecule has 5 heteroatoms. The molecule has 1 heterocycles. The van der Waals surface area contributed by atoms with Crippen molar-refractivity contribution in [2.45, 2.75) is 19.1 Å². The van der Waals surface area contributed by atoms with Crippen LogP contribution in [0, 0.1) is 6.57 Å². The van der Waals surface area contributed by atoms with Crippen LogP contribution in [0.15, 0.2) is 42.5 Å². The summed E-state index contributed by atoms with van der Waals surface area (Å²) >= 11 is 0. The number of imidazole rings is 1. The maximum atomic E-state index is 9.57. The van der Waals surface area contributed by atoms with E-state index in [2.05, 4.69) is 14.8 Å². The molecule has 3 aromatic rings. The molecule has 5 nitrogen and oxygen atoms in total. The lowest BCUT2D eigenvalue weighted by Crippen LogP contribution is -2.24. The zero-order chi connectivity index (χ0) is 15.7. The van der Waals surface area contributed by atoms with Gasteiger partial charge in [0, 0.05) is 0 Å². The van der Waals surface area contributed by atoms with Crippen molar-refractivity contribution in [2.24, 2.45) is 5.73 Å². The molecule has 0 aliphatic heterocycles. The molecule has 0 amide bonds. The van der Waals surface area contributed by atoms with Crippen LogP contribution < -0.4 is 5.73 Å². The molecule has 4 N–H and O–H groups in total. The Kier molecular flexibility index (Phi) is 3.63. The average Bonchev–Trinajstić information content (AvgIpc) is 2.97. The van der Waals surface area contributed by atoms with Crippen LogP contribution in [0.4, 0.5) is 5.69 Å². The Balaban J connectivity index is 2.00. The van der Waals surface area contributed by atoms with Crippen LogP contribution in [0.25, 0.3) is 27.0 Å². The van der Waals surface area contributed by atoms with Crippen molar-refractivity contribution in [1.82, 2.24) is 9.97 Å². The van der Waals surface area contributed by atoms with E-state index in [0.29, 0.717) is 11.5 Å². The second kappa shape index (κ2) is 5.60. The third-order valence-electron chi connectivity index (χ3n) is 3.67. The van der Waals surface area contributed by atoms with Gasteiger partial charge in [-0.25, -0.2) is 9.83 Å². The highest BCUT2D eigenvalue weighted by atomic mass is 16.3. The molecule has 0 saturated heterocycles. The van der Waals surface area contributed by atoms with Gasteiger partial charge in [0.15, 0.2) is 5.69 Å². The number of H-pyrrole nitrogens is 1. The normalized spacial score (nSPS) is 13.7. The SMILES string of the molecule is [C-]#[N+]c1ccc(-c2ccc3nc([C@H](N)[C@@H](C)O)[nH]c3c2)cc1. The van der Waals surface area contributed by atoms with Crippen molar-refractivity contribution in [3.05, 3.63) is 59.7 Å². The molecule has 2 aromatic carbocycles. The number of aromatic amines is 1. The van der Waals surface area contributed by atoms with Crippen LogP contribution in [-0.4, -0.2) is 21.2 Å². The summed E-state index contributed by atoms with van der Waals surface area (Å²) < 4.78 is 0. The molecule has 0 radical (unpaired) electrons. The molecule has 3 rings (SSSR count). The summed E-state index contributed by atoms with van der Waals surface area (Å²) in [6, 6.07) is 12.8. The second-order valence-electron chi connectivity index (χ2n) is 5.28. The molecule has 1 aromatic heterocycles. The number of hydrogen-bond acceptors (Lipinski definition) is 3. The number of aliphatic hydroxyl groups is 1. The summed E-state index contributed by atoms with van der Waals surface area (Å²) in [5.74, 6) is 0.575. The number of rotatable bonds is 3. The molecule has 22 heavy (non-hydrogen) atoms. The Bertz CT molecular complexity index is 843. The molecule has 110 valence electrons. The molecule has 0 saturated carbocycles. The van der Waals surface area contributed by atoms with Crippen molar-refractivity contribution >= 4 is 16.7 Å². The number of aromatic nitrogens is 2. The first kappa shape index (κ1) is 14.3. The largest absolute Gasteiger partial charge is 0.391 e. The smallest absolute Gasteiger partial charge is 0.187 e. The van der Waals surface area contributed by atoms with Crippen LogP contribution in [0.2, 0.25) is 0 Å². The van der Waals surface area contributed by atoms with E-state index >= 15 is 0 Å². The summed E-state index contributed by atoms with van der Waals surface area (Å²) in [4.78, 5) is 11.0. The first-order valence-electron chi connectivity index (χ1n) is 6.99. The monoisotopic (exact) mass is 292 g/mol. The van der Waals surface area contributed by atoms with Gasteiger partial charge in [0.25, 0.3) is 0 Å². The van der Waals surface area contributed by atoms with E-state index in [1.54, 1.807) is 19.1 Å². The predicted molar refractivity (Wildman–Crippen MR) is 86.4 cm³/mol. The Hall–Kier alpha value is -2.68. The van der Waals surface area contributed by atoms with E-state index in [1.165, 1.54) is 0 Å². The number of nitrogens with one attached hydrogen (secondary N) is 1. The Morgan fingerprint density at radius 2 is 1.86 bits per heavy atom. The number of aliphatic hydroxyl groups excluding tert-OH is 1. The van der Waals surface area contributed by atoms with Crippen molar-refractivity contribution in [3.8, 4) is 11.1 Å². The van der Waals surface area contributed by atoms with E-state index < -0.39 is 12.1 Å². The van der Waals surface area contributed by atoms with Crippen molar-refractivity contribution < 1.29 is 5.11 Å². The molecule has 0 aliphatic rings. The zero-order valence-corrected chi connectivity index (χ0v) is 12.1. The highest BCUT2D eigenvalue weighted by Gasteiger charge is 2.16. The van der Waals surface area contributed by atoms with Gasteiger partial charge in [0.1, 0.15) is 5.82 Å². The van der Waals surface area contributed by atoms with Crippen LogP contribution in [0.3, 0.4) is 0 Å². The second-order valence-corrected chi connectivity index (χ2v) is 5.28. The highest BCUT2D eigenvalue weighted by molar-refractivity contribution is 5.82. The van der Waals surface area contributed by atoms with Gasteiger partial charge in [-0.05, 0) is 30.2 Å². The minimum absolute atomic E-state index is 0.534. The lowest BCUT2D eigenvalue weighted by atomic mass is 10.0. The van der Waals surface area contributed by atoms with Gasteiger partial charge in [-0.3, -0.25) is 0 Å². The minimum atomic E-state index is -0.666. The van der Waals surface area contributed by atoms with Crippen LogP contribution >= 0.6 is 0 Å².